The van der Waals surface area contributed by atoms with Gasteiger partial charge in [0.2, 0.25) is 0 Å². The molecule has 10 rings (SSSR count). The molecule has 0 N–H and O–H groups in total. The third kappa shape index (κ3) is 14.5. The van der Waals surface area contributed by atoms with Crippen molar-refractivity contribution >= 4 is 34.4 Å². The van der Waals surface area contributed by atoms with Crippen LogP contribution in [0.25, 0.3) is 34.4 Å². The Morgan fingerprint density at radius 3 is 0.474 bits per heavy atom. The van der Waals surface area contributed by atoms with Gasteiger partial charge in [-0.05, 0) is 67.8 Å². The first-order valence-corrected chi connectivity index (χ1v) is 25.3. The maximum atomic E-state index is 6.49. The van der Waals surface area contributed by atoms with Gasteiger partial charge in [0, 0.05) is 67.7 Å². The normalized spacial score (nSPS) is 10.6. The minimum absolute atomic E-state index is 0.299. The Kier molecular flexibility index (Phi) is 17.1. The molecule has 0 heterocycles. The molecular formula is C72H48O6. The molecule has 0 amide bonds. The molecule has 1 aliphatic carbocycles. The summed E-state index contributed by atoms with van der Waals surface area (Å²) in [6, 6.07) is 70.8. The summed E-state index contributed by atoms with van der Waals surface area (Å²) < 4.78 is 38.9. The topological polar surface area (TPSA) is 55.4 Å². The first kappa shape index (κ1) is 50.7. The van der Waals surface area contributed by atoms with Gasteiger partial charge in [0.15, 0.2) is 34.5 Å². The lowest BCUT2D eigenvalue weighted by molar-refractivity contribution is 0.255. The summed E-state index contributed by atoms with van der Waals surface area (Å²) in [4.78, 5) is 0. The van der Waals surface area contributed by atoms with E-state index >= 15 is 0 Å². The molecule has 6 nitrogen and oxygen atoms in total. The van der Waals surface area contributed by atoms with E-state index in [0.29, 0.717) is 105 Å². The standard InChI is InChI=1S/C72H48O6/c1-7-25-55(26-8-1)49-73-67-43-61-37-19-20-39-63-45-69(75-51-57-29-11-3-12-30-57)71(77-53-59-33-15-5-16-34-59)47-65(63)41-23-24-42-66-48-72(78-54-60-35-17-6-18-36-60)70(76-52-58-31-13-4-14-32-58)46-64(66)40-22-21-38-62(61)44-68(67)74-50-56-27-9-2-10-28-56/h1-18,25-36,43-48H,49-54H2. The summed E-state index contributed by atoms with van der Waals surface area (Å²) >= 11 is 0. The van der Waals surface area contributed by atoms with Crippen molar-refractivity contribution in [2.24, 2.45) is 0 Å². The predicted molar refractivity (Wildman–Crippen MR) is 303 cm³/mol. The largest absolute Gasteiger partial charge is 0.485 e. The van der Waals surface area contributed by atoms with Gasteiger partial charge >= 0.3 is 0 Å². The lowest BCUT2D eigenvalue weighted by Gasteiger charge is -2.13. The van der Waals surface area contributed by atoms with E-state index in [9.17, 15) is 0 Å². The summed E-state index contributed by atoms with van der Waals surface area (Å²) in [6.07, 6.45) is 0. The van der Waals surface area contributed by atoms with Crippen molar-refractivity contribution in [2.45, 2.75) is 39.6 Å². The first-order valence-electron chi connectivity index (χ1n) is 25.3. The van der Waals surface area contributed by atoms with E-state index in [-0.39, 0.29) is 0 Å². The SMILES string of the molecule is C1=C=C=c2cc(OCc3ccccc3)c(OCc3ccccc3)cc2=C=C=C=C=c2cc(OCc3ccccc3)c(OCc3ccccc3)cc2=C=C=C=C=c2cc(OCc3ccccc3)c(OCc3ccccc3)cc2=C=1. The van der Waals surface area contributed by atoms with Crippen LogP contribution in [-0.2, 0) is 39.6 Å². The third-order valence-electron chi connectivity index (χ3n) is 12.0. The van der Waals surface area contributed by atoms with Crippen LogP contribution >= 0.6 is 0 Å². The van der Waals surface area contributed by atoms with Crippen LogP contribution in [0.3, 0.4) is 0 Å². The Morgan fingerprint density at radius 1 is 0.192 bits per heavy atom. The maximum absolute atomic E-state index is 6.49. The van der Waals surface area contributed by atoms with E-state index in [1.807, 2.05) is 218 Å². The van der Waals surface area contributed by atoms with Crippen LogP contribution in [0.4, 0.5) is 0 Å². The van der Waals surface area contributed by atoms with E-state index in [1.165, 1.54) is 0 Å². The Bertz CT molecular complexity index is 3640. The number of rotatable bonds is 18. The zero-order chi connectivity index (χ0) is 52.8. The predicted octanol–water partition coefficient (Wildman–Crippen LogP) is 10.5. The van der Waals surface area contributed by atoms with Crippen molar-refractivity contribution in [3.63, 3.8) is 0 Å². The fraction of sp³-hybridized carbons (Fsp3) is 0.0833. The minimum atomic E-state index is 0.299. The molecule has 0 fully saturated rings. The van der Waals surface area contributed by atoms with Gasteiger partial charge < -0.3 is 28.4 Å². The number of fused-ring (bicyclic) bond motifs is 3. The van der Waals surface area contributed by atoms with Crippen molar-refractivity contribution in [3.05, 3.63) is 317 Å². The van der Waals surface area contributed by atoms with Crippen LogP contribution in [0.5, 0.6) is 34.5 Å². The van der Waals surface area contributed by atoms with E-state index in [2.05, 4.69) is 68.8 Å². The minimum Gasteiger partial charge on any atom is -0.485 e. The summed E-state index contributed by atoms with van der Waals surface area (Å²) in [6.45, 7) is 1.80. The molecule has 0 radical (unpaired) electrons. The maximum Gasteiger partial charge on any atom is 0.163 e. The molecule has 0 aromatic heterocycles. The summed E-state index contributed by atoms with van der Waals surface area (Å²) in [7, 11) is 0. The number of ether oxygens (including phenoxy) is 6. The first-order chi connectivity index (χ1) is 38.6. The second kappa shape index (κ2) is 26.4. The average molecular weight is 1010 g/mol. The van der Waals surface area contributed by atoms with Gasteiger partial charge in [-0.25, -0.2) is 0 Å². The van der Waals surface area contributed by atoms with E-state index < -0.39 is 0 Å². The molecule has 0 bridgehead atoms. The molecular weight excluding hydrogens is 961 g/mol. The molecule has 0 saturated carbocycles. The highest BCUT2D eigenvalue weighted by molar-refractivity contribution is 5.49. The number of hydrogen-bond acceptors (Lipinski definition) is 6. The molecule has 372 valence electrons. The van der Waals surface area contributed by atoms with Crippen molar-refractivity contribution in [1.29, 1.82) is 0 Å². The van der Waals surface area contributed by atoms with Gasteiger partial charge in [-0.15, -0.1) is 0 Å². The fourth-order valence-corrected chi connectivity index (χ4v) is 7.98. The number of hydrogen-bond donors (Lipinski definition) is 0. The van der Waals surface area contributed by atoms with Crippen molar-refractivity contribution < 1.29 is 28.4 Å². The Hall–Kier alpha value is -10.9. The van der Waals surface area contributed by atoms with Crippen LogP contribution in [0, 0.1) is 0 Å². The van der Waals surface area contributed by atoms with E-state index in [0.717, 1.165) is 33.4 Å². The van der Waals surface area contributed by atoms with Gasteiger partial charge in [-0.1, -0.05) is 216 Å². The smallest absolute Gasteiger partial charge is 0.163 e. The Balaban J connectivity index is 1.25. The van der Waals surface area contributed by atoms with Gasteiger partial charge in [-0.2, -0.15) is 0 Å². The summed E-state index contributed by atoms with van der Waals surface area (Å²) in [5.74, 6) is 2.97. The van der Waals surface area contributed by atoms with Crippen LogP contribution in [0.15, 0.2) is 253 Å². The summed E-state index contributed by atoms with van der Waals surface area (Å²) in [5, 5.41) is 3.39. The summed E-state index contributed by atoms with van der Waals surface area (Å²) in [5.41, 5.74) is 44.1. The highest BCUT2D eigenvalue weighted by Crippen LogP contribution is 2.28. The highest BCUT2D eigenvalue weighted by Gasteiger charge is 2.12. The zero-order valence-corrected chi connectivity index (χ0v) is 42.5. The number of benzene rings is 9. The van der Waals surface area contributed by atoms with Crippen molar-refractivity contribution in [3.8, 4) is 34.5 Å². The Morgan fingerprint density at radius 2 is 0.333 bits per heavy atom. The van der Waals surface area contributed by atoms with Crippen LogP contribution < -0.4 is 59.7 Å². The lowest BCUT2D eigenvalue weighted by atomic mass is 10.2. The lowest BCUT2D eigenvalue weighted by Crippen LogP contribution is -2.23. The van der Waals surface area contributed by atoms with Gasteiger partial charge in [0.25, 0.3) is 0 Å². The molecule has 1 aliphatic rings. The quantitative estimate of drug-likeness (QED) is 0.0799. The average Bonchev–Trinajstić information content (AvgIpc) is 3.53. The molecule has 0 atom stereocenters. The molecule has 6 heteroatoms. The molecule has 9 aromatic rings. The van der Waals surface area contributed by atoms with E-state index in [4.69, 9.17) is 28.4 Å². The second-order valence-corrected chi connectivity index (χ2v) is 17.7. The Labute approximate surface area is 452 Å². The van der Waals surface area contributed by atoms with Crippen LogP contribution in [0.2, 0.25) is 0 Å². The monoisotopic (exact) mass is 1010 g/mol. The second-order valence-electron chi connectivity index (χ2n) is 17.7. The molecule has 0 aliphatic heterocycles. The molecule has 0 unspecified atom stereocenters. The van der Waals surface area contributed by atoms with Crippen molar-refractivity contribution in [1.82, 2.24) is 0 Å². The third-order valence-corrected chi connectivity index (χ3v) is 12.0. The molecule has 0 spiro atoms. The van der Waals surface area contributed by atoms with Crippen LogP contribution in [-0.4, -0.2) is 0 Å². The fourth-order valence-electron chi connectivity index (χ4n) is 7.98. The van der Waals surface area contributed by atoms with Crippen LogP contribution in [0.1, 0.15) is 33.4 Å². The van der Waals surface area contributed by atoms with Gasteiger partial charge in [0.05, 0.1) is 0 Å². The van der Waals surface area contributed by atoms with Gasteiger partial charge in [-0.3, -0.25) is 0 Å². The molecule has 9 aromatic carbocycles. The van der Waals surface area contributed by atoms with E-state index in [1.54, 1.807) is 0 Å². The van der Waals surface area contributed by atoms with Crippen molar-refractivity contribution in [2.75, 3.05) is 0 Å². The molecule has 78 heavy (non-hydrogen) atoms. The zero-order valence-electron chi connectivity index (χ0n) is 42.5. The van der Waals surface area contributed by atoms with Gasteiger partial charge in [0.1, 0.15) is 39.6 Å². The highest BCUT2D eigenvalue weighted by atomic mass is 16.5. The molecule has 0 saturated heterocycles.